The van der Waals surface area contributed by atoms with E-state index in [4.69, 9.17) is 20.0 Å². The summed E-state index contributed by atoms with van der Waals surface area (Å²) in [6.45, 7) is 2.32. The van der Waals surface area contributed by atoms with E-state index < -0.39 is 13.9 Å². The molecule has 3 unspecified atom stereocenters. The van der Waals surface area contributed by atoms with E-state index >= 15 is 0 Å². The van der Waals surface area contributed by atoms with Crippen LogP contribution in [-0.4, -0.2) is 22.4 Å². The second-order valence-electron chi connectivity index (χ2n) is 4.40. The van der Waals surface area contributed by atoms with Crippen molar-refractivity contribution in [2.45, 2.75) is 38.7 Å². The topological polar surface area (TPSA) is 92.8 Å². The Labute approximate surface area is 90.2 Å². The lowest BCUT2D eigenvalue weighted by atomic mass is 9.79. The van der Waals surface area contributed by atoms with Crippen LogP contribution in [0.1, 0.15) is 32.6 Å². The van der Waals surface area contributed by atoms with Gasteiger partial charge in [-0.05, 0) is 24.7 Å². The highest BCUT2D eigenvalue weighted by molar-refractivity contribution is 7.46. The van der Waals surface area contributed by atoms with Gasteiger partial charge >= 0.3 is 7.82 Å². The first-order valence-electron chi connectivity index (χ1n) is 5.36. The van der Waals surface area contributed by atoms with Gasteiger partial charge < -0.3 is 15.5 Å². The van der Waals surface area contributed by atoms with Crippen LogP contribution >= 0.6 is 7.82 Å². The van der Waals surface area contributed by atoms with Crippen LogP contribution in [0.25, 0.3) is 0 Å². The molecule has 5 nitrogen and oxygen atoms in total. The summed E-state index contributed by atoms with van der Waals surface area (Å²) >= 11 is 0. The fourth-order valence-electron chi connectivity index (χ4n) is 2.32. The smallest absolute Gasteiger partial charge is 0.328 e. The molecule has 90 valence electrons. The molecule has 0 amide bonds. The Bertz CT molecular complexity index is 242. The van der Waals surface area contributed by atoms with Crippen molar-refractivity contribution in [1.29, 1.82) is 0 Å². The molecule has 1 aliphatic carbocycles. The maximum Gasteiger partial charge on any atom is 0.469 e. The summed E-state index contributed by atoms with van der Waals surface area (Å²) < 4.78 is 15.5. The van der Waals surface area contributed by atoms with Crippen LogP contribution in [0.2, 0.25) is 0 Å². The molecule has 0 bridgehead atoms. The predicted octanol–water partition coefficient (Wildman–Crippen LogP) is 1.25. The maximum atomic E-state index is 10.7. The number of hydrogen-bond donors (Lipinski definition) is 3. The average molecular weight is 237 g/mol. The molecular formula is C9H20NO4P. The SMILES string of the molecule is CC1CCCC(C(CN)OP(=O)(O)O)C1. The van der Waals surface area contributed by atoms with Gasteiger partial charge in [0, 0.05) is 6.54 Å². The zero-order valence-electron chi connectivity index (χ0n) is 9.00. The second-order valence-corrected chi connectivity index (χ2v) is 5.59. The van der Waals surface area contributed by atoms with Crippen molar-refractivity contribution in [1.82, 2.24) is 0 Å². The lowest BCUT2D eigenvalue weighted by Crippen LogP contribution is -2.34. The first kappa shape index (κ1) is 13.1. The van der Waals surface area contributed by atoms with Gasteiger partial charge in [0.25, 0.3) is 0 Å². The van der Waals surface area contributed by atoms with Crippen LogP contribution in [0.4, 0.5) is 0 Å². The Kier molecular flexibility index (Phi) is 4.74. The lowest BCUT2D eigenvalue weighted by molar-refractivity contribution is 0.0667. The molecule has 1 saturated carbocycles. The molecule has 0 aromatic rings. The molecule has 0 saturated heterocycles. The van der Waals surface area contributed by atoms with Crippen LogP contribution in [0.3, 0.4) is 0 Å². The van der Waals surface area contributed by atoms with Crippen LogP contribution in [-0.2, 0) is 9.09 Å². The lowest BCUT2D eigenvalue weighted by Gasteiger charge is -2.32. The molecule has 1 aliphatic rings. The second kappa shape index (κ2) is 5.41. The standard InChI is InChI=1S/C9H20NO4P/c1-7-3-2-4-8(5-7)9(6-10)14-15(11,12)13/h7-9H,2-6,10H2,1H3,(H2,11,12,13). The Morgan fingerprint density at radius 1 is 1.53 bits per heavy atom. The van der Waals surface area contributed by atoms with Crippen molar-refractivity contribution in [3.05, 3.63) is 0 Å². The molecule has 0 heterocycles. The van der Waals surface area contributed by atoms with Gasteiger partial charge in [-0.3, -0.25) is 4.52 Å². The van der Waals surface area contributed by atoms with E-state index in [1.54, 1.807) is 0 Å². The van der Waals surface area contributed by atoms with Crippen molar-refractivity contribution in [2.75, 3.05) is 6.54 Å². The third-order valence-corrected chi connectivity index (χ3v) is 3.55. The van der Waals surface area contributed by atoms with Crippen molar-refractivity contribution >= 4 is 7.82 Å². The third kappa shape index (κ3) is 4.62. The molecule has 1 fully saturated rings. The highest BCUT2D eigenvalue weighted by Gasteiger charge is 2.31. The molecule has 1 rings (SSSR count). The largest absolute Gasteiger partial charge is 0.469 e. The first-order valence-corrected chi connectivity index (χ1v) is 6.89. The molecule has 0 aromatic heterocycles. The molecule has 0 spiro atoms. The molecule has 6 heteroatoms. The Balaban J connectivity index is 2.53. The minimum Gasteiger partial charge on any atom is -0.328 e. The van der Waals surface area contributed by atoms with E-state index in [0.717, 1.165) is 19.3 Å². The van der Waals surface area contributed by atoms with Crippen molar-refractivity contribution in [3.8, 4) is 0 Å². The zero-order valence-corrected chi connectivity index (χ0v) is 9.90. The van der Waals surface area contributed by atoms with E-state index in [-0.39, 0.29) is 12.5 Å². The summed E-state index contributed by atoms with van der Waals surface area (Å²) in [5.74, 6) is 0.782. The average Bonchev–Trinajstić information content (AvgIpc) is 2.13. The van der Waals surface area contributed by atoms with Crippen molar-refractivity contribution in [2.24, 2.45) is 17.6 Å². The molecular weight excluding hydrogens is 217 g/mol. The Morgan fingerprint density at radius 2 is 2.20 bits per heavy atom. The summed E-state index contributed by atoms with van der Waals surface area (Å²) in [5.41, 5.74) is 5.49. The minimum absolute atomic E-state index is 0.169. The fraction of sp³-hybridized carbons (Fsp3) is 1.00. The molecule has 0 radical (unpaired) electrons. The summed E-state index contributed by atoms with van der Waals surface area (Å²) in [5, 5.41) is 0. The predicted molar refractivity (Wildman–Crippen MR) is 57.1 cm³/mol. The molecule has 0 aromatic carbocycles. The quantitative estimate of drug-likeness (QED) is 0.640. The molecule has 3 atom stereocenters. The number of phosphoric ester groups is 1. The Hall–Kier alpha value is 0.0700. The van der Waals surface area contributed by atoms with Crippen LogP contribution in [0, 0.1) is 11.8 Å². The van der Waals surface area contributed by atoms with Crippen LogP contribution in [0.15, 0.2) is 0 Å². The van der Waals surface area contributed by atoms with Gasteiger partial charge in [0.2, 0.25) is 0 Å². The first-order chi connectivity index (χ1) is 6.92. The van der Waals surface area contributed by atoms with E-state index in [2.05, 4.69) is 6.92 Å². The summed E-state index contributed by atoms with van der Waals surface area (Å²) in [7, 11) is -4.40. The van der Waals surface area contributed by atoms with Gasteiger partial charge in [-0.15, -0.1) is 0 Å². The Morgan fingerprint density at radius 3 is 2.67 bits per heavy atom. The van der Waals surface area contributed by atoms with E-state index in [0.29, 0.717) is 5.92 Å². The minimum atomic E-state index is -4.40. The summed E-state index contributed by atoms with van der Waals surface area (Å²) in [4.78, 5) is 17.5. The molecule has 4 N–H and O–H groups in total. The van der Waals surface area contributed by atoms with E-state index in [1.807, 2.05) is 0 Å². The van der Waals surface area contributed by atoms with E-state index in [9.17, 15) is 4.57 Å². The monoisotopic (exact) mass is 237 g/mol. The number of nitrogens with two attached hydrogens (primary N) is 1. The normalized spacial score (nSPS) is 30.1. The van der Waals surface area contributed by atoms with Gasteiger partial charge in [-0.25, -0.2) is 4.57 Å². The van der Waals surface area contributed by atoms with Gasteiger partial charge in [0.15, 0.2) is 0 Å². The number of phosphoric acid groups is 1. The molecule has 15 heavy (non-hydrogen) atoms. The highest BCUT2D eigenvalue weighted by Crippen LogP contribution is 2.42. The number of rotatable bonds is 4. The van der Waals surface area contributed by atoms with Crippen LogP contribution in [0.5, 0.6) is 0 Å². The summed E-state index contributed by atoms with van der Waals surface area (Å²) in [6, 6.07) is 0. The third-order valence-electron chi connectivity index (χ3n) is 3.01. The van der Waals surface area contributed by atoms with Gasteiger partial charge in [-0.2, -0.15) is 0 Å². The van der Waals surface area contributed by atoms with Gasteiger partial charge in [-0.1, -0.05) is 19.8 Å². The van der Waals surface area contributed by atoms with Gasteiger partial charge in [0.05, 0.1) is 6.10 Å². The fourth-order valence-corrected chi connectivity index (χ4v) is 2.93. The maximum absolute atomic E-state index is 10.7. The zero-order chi connectivity index (χ0) is 11.5. The van der Waals surface area contributed by atoms with Crippen molar-refractivity contribution < 1.29 is 18.9 Å². The number of hydrogen-bond acceptors (Lipinski definition) is 3. The van der Waals surface area contributed by atoms with Gasteiger partial charge in [0.1, 0.15) is 0 Å². The van der Waals surface area contributed by atoms with E-state index in [1.165, 1.54) is 6.42 Å². The van der Waals surface area contributed by atoms with Crippen LogP contribution < -0.4 is 5.73 Å². The highest BCUT2D eigenvalue weighted by atomic mass is 31.2. The summed E-state index contributed by atoms with van der Waals surface area (Å²) in [6.07, 6.45) is 3.67. The van der Waals surface area contributed by atoms with Crippen molar-refractivity contribution in [3.63, 3.8) is 0 Å². The molecule has 0 aliphatic heterocycles.